The minimum absolute atomic E-state index is 0.0846. The number of nitrogens with two attached hydrogens (primary N) is 1. The number of nitrogens with one attached hydrogen (secondary N) is 2. The fraction of sp³-hybridized carbons (Fsp3) is 0.263. The van der Waals surface area contributed by atoms with Gasteiger partial charge in [0.15, 0.2) is 5.96 Å². The number of carbonyl (C=O) groups excluding carboxylic acids is 1. The molecule has 2 aromatic carbocycles. The van der Waals surface area contributed by atoms with E-state index in [0.717, 1.165) is 23.0 Å². The van der Waals surface area contributed by atoms with Crippen molar-refractivity contribution in [3.63, 3.8) is 0 Å². The average molecular weight is 403 g/mol. The van der Waals surface area contributed by atoms with Crippen molar-refractivity contribution < 1.29 is 4.79 Å². The molecule has 0 bridgehead atoms. The van der Waals surface area contributed by atoms with Crippen LogP contribution in [0.4, 0.5) is 5.69 Å². The Labute approximate surface area is 156 Å². The van der Waals surface area contributed by atoms with Crippen molar-refractivity contribution in [3.05, 3.63) is 64.1 Å². The largest absolute Gasteiger partial charge is 0.370 e. The molecule has 0 radical (unpaired) electrons. The van der Waals surface area contributed by atoms with Crippen molar-refractivity contribution in [1.29, 1.82) is 0 Å². The second-order valence-corrected chi connectivity index (χ2v) is 6.47. The van der Waals surface area contributed by atoms with E-state index in [9.17, 15) is 4.79 Å². The molecule has 0 aliphatic rings. The van der Waals surface area contributed by atoms with Crippen LogP contribution in [-0.2, 0) is 6.42 Å². The number of anilines is 1. The molecule has 132 valence electrons. The molecule has 2 rings (SSSR count). The van der Waals surface area contributed by atoms with E-state index in [2.05, 4.69) is 50.6 Å². The summed E-state index contributed by atoms with van der Waals surface area (Å²) < 4.78 is 0.950. The maximum absolute atomic E-state index is 11.9. The van der Waals surface area contributed by atoms with E-state index < -0.39 is 0 Å². The molecule has 6 heteroatoms. The number of amides is 1. The summed E-state index contributed by atoms with van der Waals surface area (Å²) in [6, 6.07) is 15.4. The van der Waals surface area contributed by atoms with Gasteiger partial charge in [-0.25, -0.2) is 0 Å². The van der Waals surface area contributed by atoms with Gasteiger partial charge in [-0.05, 0) is 54.8 Å². The highest BCUT2D eigenvalue weighted by Crippen LogP contribution is 2.10. The Kier molecular flexibility index (Phi) is 7.47. The van der Waals surface area contributed by atoms with Crippen molar-refractivity contribution in [3.8, 4) is 0 Å². The molecule has 0 spiro atoms. The second kappa shape index (κ2) is 9.84. The van der Waals surface area contributed by atoms with Gasteiger partial charge < -0.3 is 16.4 Å². The molecule has 2 aromatic rings. The molecule has 1 amide bonds. The van der Waals surface area contributed by atoms with E-state index in [0.29, 0.717) is 24.6 Å². The Hall–Kier alpha value is -2.34. The quantitative estimate of drug-likeness (QED) is 0.376. The molecule has 0 heterocycles. The van der Waals surface area contributed by atoms with Crippen molar-refractivity contribution in [2.75, 3.05) is 18.4 Å². The van der Waals surface area contributed by atoms with Gasteiger partial charge in [0.05, 0.1) is 0 Å². The number of halogens is 1. The average Bonchev–Trinajstić information content (AvgIpc) is 2.62. The summed E-state index contributed by atoms with van der Waals surface area (Å²) >= 11 is 3.35. The van der Waals surface area contributed by atoms with Crippen LogP contribution in [0.1, 0.15) is 29.3 Å². The van der Waals surface area contributed by atoms with Crippen LogP contribution in [0.2, 0.25) is 0 Å². The van der Waals surface area contributed by atoms with Crippen molar-refractivity contribution in [1.82, 2.24) is 5.32 Å². The van der Waals surface area contributed by atoms with Gasteiger partial charge >= 0.3 is 0 Å². The van der Waals surface area contributed by atoms with Gasteiger partial charge in [0.1, 0.15) is 0 Å². The molecule has 0 saturated heterocycles. The van der Waals surface area contributed by atoms with Gasteiger partial charge in [-0.3, -0.25) is 9.79 Å². The Morgan fingerprint density at radius 1 is 1.12 bits per heavy atom. The highest BCUT2D eigenvalue weighted by Gasteiger charge is 2.03. The number of hydrogen-bond acceptors (Lipinski definition) is 2. The van der Waals surface area contributed by atoms with Gasteiger partial charge in [-0.2, -0.15) is 0 Å². The molecular formula is C19H23BrN4O. The first-order valence-electron chi connectivity index (χ1n) is 8.28. The van der Waals surface area contributed by atoms with E-state index in [-0.39, 0.29) is 5.91 Å². The van der Waals surface area contributed by atoms with Crippen molar-refractivity contribution in [2.24, 2.45) is 10.7 Å². The predicted molar refractivity (Wildman–Crippen MR) is 107 cm³/mol. The number of nitrogens with zero attached hydrogens (tertiary/aromatic N) is 1. The summed E-state index contributed by atoms with van der Waals surface area (Å²) in [5.41, 5.74) is 8.71. The zero-order chi connectivity index (χ0) is 18.1. The summed E-state index contributed by atoms with van der Waals surface area (Å²) in [7, 11) is 0. The number of benzene rings is 2. The molecule has 0 fully saturated rings. The molecule has 0 aromatic heterocycles. The van der Waals surface area contributed by atoms with Crippen LogP contribution in [0.3, 0.4) is 0 Å². The third-order valence-corrected chi connectivity index (χ3v) is 4.17. The van der Waals surface area contributed by atoms with Gasteiger partial charge in [0, 0.05) is 28.8 Å². The topological polar surface area (TPSA) is 79.5 Å². The number of carbonyl (C=O) groups is 1. The number of hydrogen-bond donors (Lipinski definition) is 3. The van der Waals surface area contributed by atoms with Crippen molar-refractivity contribution >= 4 is 33.5 Å². The van der Waals surface area contributed by atoms with Gasteiger partial charge in [0.25, 0.3) is 5.91 Å². The van der Waals surface area contributed by atoms with Crippen LogP contribution in [0.5, 0.6) is 0 Å². The van der Waals surface area contributed by atoms with E-state index >= 15 is 0 Å². The summed E-state index contributed by atoms with van der Waals surface area (Å²) in [5, 5.41) is 5.93. The van der Waals surface area contributed by atoms with E-state index in [1.165, 1.54) is 5.56 Å². The van der Waals surface area contributed by atoms with E-state index in [1.54, 1.807) is 12.1 Å². The van der Waals surface area contributed by atoms with Crippen LogP contribution < -0.4 is 16.4 Å². The fourth-order valence-corrected chi connectivity index (χ4v) is 2.46. The molecule has 25 heavy (non-hydrogen) atoms. The molecule has 0 aliphatic carbocycles. The van der Waals surface area contributed by atoms with Crippen LogP contribution >= 0.6 is 15.9 Å². The maximum Gasteiger partial charge on any atom is 0.251 e. The lowest BCUT2D eigenvalue weighted by Gasteiger charge is -2.07. The molecular weight excluding hydrogens is 380 g/mol. The second-order valence-electron chi connectivity index (χ2n) is 5.56. The minimum Gasteiger partial charge on any atom is -0.370 e. The SMILES string of the molecule is CCc1ccc(NC(N)=NCCCNC(=O)c2ccc(Br)cc2)cc1. The molecule has 5 nitrogen and oxygen atoms in total. The minimum atomic E-state index is -0.0846. The highest BCUT2D eigenvalue weighted by atomic mass is 79.9. The molecule has 0 atom stereocenters. The highest BCUT2D eigenvalue weighted by molar-refractivity contribution is 9.10. The van der Waals surface area contributed by atoms with Gasteiger partial charge in [0.2, 0.25) is 0 Å². The maximum atomic E-state index is 11.9. The lowest BCUT2D eigenvalue weighted by molar-refractivity contribution is 0.0953. The first-order chi connectivity index (χ1) is 12.1. The number of guanidine groups is 1. The summed E-state index contributed by atoms with van der Waals surface area (Å²) in [6.45, 7) is 3.22. The molecule has 0 aliphatic heterocycles. The third-order valence-electron chi connectivity index (χ3n) is 3.64. The first kappa shape index (κ1) is 19.0. The summed E-state index contributed by atoms with van der Waals surface area (Å²) in [6.07, 6.45) is 1.73. The molecule has 0 saturated carbocycles. The van der Waals surface area contributed by atoms with Gasteiger partial charge in [-0.15, -0.1) is 0 Å². The number of aliphatic imine (C=N–C) groups is 1. The van der Waals surface area contributed by atoms with E-state index in [4.69, 9.17) is 5.73 Å². The van der Waals surface area contributed by atoms with Crippen LogP contribution in [-0.4, -0.2) is 25.0 Å². The normalized spacial score (nSPS) is 11.2. The Morgan fingerprint density at radius 3 is 2.44 bits per heavy atom. The van der Waals surface area contributed by atoms with Crippen LogP contribution in [0, 0.1) is 0 Å². The standard InChI is InChI=1S/C19H23BrN4O/c1-2-14-4-10-17(11-5-14)24-19(21)23-13-3-12-22-18(25)15-6-8-16(20)9-7-15/h4-11H,2-3,12-13H2,1H3,(H,22,25)(H3,21,23,24). The number of aryl methyl sites for hydroxylation is 1. The Balaban J connectivity index is 1.69. The number of rotatable bonds is 7. The molecule has 0 unspecified atom stereocenters. The summed E-state index contributed by atoms with van der Waals surface area (Å²) in [4.78, 5) is 16.2. The first-order valence-corrected chi connectivity index (χ1v) is 9.07. The van der Waals surface area contributed by atoms with Crippen LogP contribution in [0.15, 0.2) is 58.0 Å². The lowest BCUT2D eigenvalue weighted by atomic mass is 10.1. The fourth-order valence-electron chi connectivity index (χ4n) is 2.20. The summed E-state index contributed by atoms with van der Waals surface area (Å²) in [5.74, 6) is 0.294. The molecule has 4 N–H and O–H groups in total. The third kappa shape index (κ3) is 6.58. The van der Waals surface area contributed by atoms with Crippen molar-refractivity contribution in [2.45, 2.75) is 19.8 Å². The lowest BCUT2D eigenvalue weighted by Crippen LogP contribution is -2.26. The Morgan fingerprint density at radius 2 is 1.80 bits per heavy atom. The smallest absolute Gasteiger partial charge is 0.251 e. The van der Waals surface area contributed by atoms with Crippen LogP contribution in [0.25, 0.3) is 0 Å². The zero-order valence-electron chi connectivity index (χ0n) is 14.3. The Bertz CT molecular complexity index is 711. The van der Waals surface area contributed by atoms with Gasteiger partial charge in [-0.1, -0.05) is 35.0 Å². The monoisotopic (exact) mass is 402 g/mol. The predicted octanol–water partition coefficient (Wildman–Crippen LogP) is 3.56. The van der Waals surface area contributed by atoms with E-state index in [1.807, 2.05) is 24.3 Å². The zero-order valence-corrected chi connectivity index (χ0v) is 15.8.